The predicted octanol–water partition coefficient (Wildman–Crippen LogP) is 10.9. The van der Waals surface area contributed by atoms with E-state index in [4.69, 9.17) is 34.9 Å². The van der Waals surface area contributed by atoms with Gasteiger partial charge in [-0.2, -0.15) is 18.3 Å². The van der Waals surface area contributed by atoms with E-state index < -0.39 is 83.6 Å². The molecule has 23 heteroatoms. The highest BCUT2D eigenvalue weighted by Gasteiger charge is 2.39. The summed E-state index contributed by atoms with van der Waals surface area (Å²) in [6, 6.07) is 12.6. The highest BCUT2D eigenvalue weighted by molar-refractivity contribution is 8.00. The molecule has 0 radical (unpaired) electrons. The first-order chi connectivity index (χ1) is 32.4. The average molecular weight is 1050 g/mol. The van der Waals surface area contributed by atoms with E-state index in [1.165, 1.54) is 61.0 Å². The van der Waals surface area contributed by atoms with Crippen LogP contribution in [0.1, 0.15) is 99.1 Å². The second-order valence-electron chi connectivity index (χ2n) is 17.9. The van der Waals surface area contributed by atoms with Crippen molar-refractivity contribution in [1.82, 2.24) is 20.1 Å². The van der Waals surface area contributed by atoms with Crippen molar-refractivity contribution in [3.05, 3.63) is 111 Å². The average Bonchev–Trinajstić information content (AvgIpc) is 3.59. The molecule has 0 saturated heterocycles. The van der Waals surface area contributed by atoms with E-state index in [9.17, 15) is 45.1 Å². The quantitative estimate of drug-likeness (QED) is 0.0178. The normalized spacial score (nSPS) is 13.3. The molecular formula is C47H50ClF5N5O9PS2. The van der Waals surface area contributed by atoms with Gasteiger partial charge in [-0.1, -0.05) is 35.7 Å². The van der Waals surface area contributed by atoms with Crippen molar-refractivity contribution in [3.8, 4) is 23.0 Å². The Kier molecular flexibility index (Phi) is 17.6. The molecule has 5 aromatic rings. The Hall–Kier alpha value is -5.20. The van der Waals surface area contributed by atoms with Crippen LogP contribution in [0.2, 0.25) is 5.02 Å². The molecule has 2 amide bonds. The predicted molar refractivity (Wildman–Crippen MR) is 258 cm³/mol. The smallest absolute Gasteiger partial charge is 0.434 e. The first-order valence-corrected chi connectivity index (χ1v) is 25.6. The Morgan fingerprint density at radius 3 is 2.10 bits per heavy atom. The van der Waals surface area contributed by atoms with E-state index in [1.54, 1.807) is 55.4 Å². The first-order valence-electron chi connectivity index (χ1n) is 21.0. The zero-order chi connectivity index (χ0) is 52.1. The number of fused-ring (bicyclic) bond motifs is 1. The van der Waals surface area contributed by atoms with E-state index in [0.717, 1.165) is 28.4 Å². The Morgan fingerprint density at radius 1 is 0.943 bits per heavy atom. The minimum Gasteiger partial charge on any atom is -0.434 e. The van der Waals surface area contributed by atoms with E-state index >= 15 is 0 Å². The summed E-state index contributed by atoms with van der Waals surface area (Å²) >= 11 is 7.56. The number of pyridine rings is 1. The van der Waals surface area contributed by atoms with Crippen molar-refractivity contribution in [1.29, 1.82) is 0 Å². The lowest BCUT2D eigenvalue weighted by Gasteiger charge is -2.30. The number of esters is 1. The molecule has 2 heterocycles. The van der Waals surface area contributed by atoms with Crippen molar-refractivity contribution < 1.29 is 63.4 Å². The van der Waals surface area contributed by atoms with Gasteiger partial charge in [-0.25, -0.2) is 32.0 Å². The Morgan fingerprint density at radius 2 is 1.54 bits per heavy atom. The first kappa shape index (κ1) is 55.7. The lowest BCUT2D eigenvalue weighted by atomic mass is 9.94. The number of nitrogens with zero attached hydrogens (tertiary/aromatic N) is 4. The van der Waals surface area contributed by atoms with E-state index in [-0.39, 0.29) is 67.4 Å². The van der Waals surface area contributed by atoms with Crippen molar-refractivity contribution in [2.75, 3.05) is 23.6 Å². The number of hydrogen-bond donors (Lipinski definition) is 1. The number of aromatic nitrogens is 3. The zero-order valence-corrected chi connectivity index (χ0v) is 42.9. The number of phosphoric acid groups is 1. The lowest BCUT2D eigenvalue weighted by Crippen LogP contribution is -2.27. The van der Waals surface area contributed by atoms with Crippen LogP contribution in [0.5, 0.6) is 0 Å². The molecule has 2 atom stereocenters. The van der Waals surface area contributed by atoms with Crippen molar-refractivity contribution in [2.24, 2.45) is 0 Å². The maximum Gasteiger partial charge on any atom is 0.478 e. The fourth-order valence-corrected chi connectivity index (χ4v) is 9.36. The van der Waals surface area contributed by atoms with Crippen LogP contribution in [0.25, 0.3) is 22.0 Å². The molecule has 0 aliphatic rings. The van der Waals surface area contributed by atoms with Crippen LogP contribution in [0.4, 0.5) is 27.8 Å². The summed E-state index contributed by atoms with van der Waals surface area (Å²) in [7, 11) is -5.76. The Labute approximate surface area is 413 Å². The molecule has 2 unspecified atom stereocenters. The highest BCUT2D eigenvalue weighted by Crippen LogP contribution is 2.55. The number of ether oxygens (including phenoxy) is 1. The number of alkyl halides is 3. The molecule has 376 valence electrons. The third-order valence-electron chi connectivity index (χ3n) is 9.65. The molecule has 0 saturated carbocycles. The zero-order valence-electron chi connectivity index (χ0n) is 39.6. The number of carbonyl (C=O) groups is 3. The molecule has 0 bridgehead atoms. The minimum absolute atomic E-state index is 0.00978. The molecule has 3 aromatic carbocycles. The second-order valence-corrected chi connectivity index (χ2v) is 22.5. The number of rotatable bonds is 17. The number of carbonyl (C=O) groups excluding carboxylic acids is 3. The number of halogens is 6. The topological polar surface area (TPSA) is 168 Å². The maximum absolute atomic E-state index is 14.6. The molecule has 0 fully saturated rings. The third kappa shape index (κ3) is 14.5. The number of benzene rings is 3. The molecule has 0 aliphatic heterocycles. The van der Waals surface area contributed by atoms with Crippen molar-refractivity contribution >= 4 is 77.2 Å². The van der Waals surface area contributed by atoms with Gasteiger partial charge in [-0.05, 0) is 128 Å². The number of phosphoric ester groups is 1. The van der Waals surface area contributed by atoms with Crippen LogP contribution < -0.4 is 9.62 Å². The van der Waals surface area contributed by atoms with Gasteiger partial charge in [0.25, 0.3) is 5.91 Å². The SMILES string of the molecule is CSN(C(=O)c1ccccc1C(=O)OCOP(=O)(OC(C)(C)C)OC(C)(C)C)c1nn(CC(F)(F)F)c2c(-c3ccc(C#CC(C)(C)S(C)=O)nc3C(Cc3cc(F)cc(F)c3)NC=O)ccc(Cl)c12. The molecule has 0 spiro atoms. The molecular weight excluding hydrogens is 1000 g/mol. The summed E-state index contributed by atoms with van der Waals surface area (Å²) in [5, 5.41) is 6.61. The number of anilines is 1. The van der Waals surface area contributed by atoms with Crippen LogP contribution >= 0.6 is 31.4 Å². The lowest BCUT2D eigenvalue weighted by molar-refractivity contribution is -0.141. The van der Waals surface area contributed by atoms with Gasteiger partial charge in [-0.3, -0.25) is 27.5 Å². The fourth-order valence-electron chi connectivity index (χ4n) is 6.70. The molecule has 5 rings (SSSR count). The van der Waals surface area contributed by atoms with Gasteiger partial charge in [-0.15, -0.1) is 0 Å². The largest absolute Gasteiger partial charge is 0.478 e. The van der Waals surface area contributed by atoms with Gasteiger partial charge in [0.05, 0.1) is 50.0 Å². The molecule has 2 aromatic heterocycles. The monoisotopic (exact) mass is 1050 g/mol. The molecule has 14 nitrogen and oxygen atoms in total. The van der Waals surface area contributed by atoms with Crippen molar-refractivity contribution in [3.63, 3.8) is 0 Å². The molecule has 1 N–H and O–H groups in total. The third-order valence-corrected chi connectivity index (χ3v) is 14.2. The van der Waals surface area contributed by atoms with Gasteiger partial charge in [0, 0.05) is 40.5 Å². The standard InChI is InChI=1S/C47H50ClF5N5O9PS2/c1-44(2,3)66-68(62,67-45(4,5)6)65-27-64-43(61)35-14-12-11-13-34(35)42(60)58(69-9)41-38-36(48)18-17-33(40(38)57(56-41)25-47(51,52)53)32-16-15-31(19-20-46(7,8)70(10)63)55-39(32)37(54-26-59)23-28-21-29(49)24-30(50)22-28/h11-18,21-22,24,26,37H,23,25,27H2,1-10H3,(H,54,59). The van der Waals surface area contributed by atoms with Gasteiger partial charge in [0.2, 0.25) is 13.2 Å². The van der Waals surface area contributed by atoms with E-state index in [0.29, 0.717) is 17.2 Å². The van der Waals surface area contributed by atoms with Crippen LogP contribution in [0.3, 0.4) is 0 Å². The Balaban J connectivity index is 1.67. The van der Waals surface area contributed by atoms with Gasteiger partial charge in [0.15, 0.2) is 5.82 Å². The number of hydrogen-bond acceptors (Lipinski definition) is 12. The van der Waals surface area contributed by atoms with Gasteiger partial charge < -0.3 is 10.1 Å². The van der Waals surface area contributed by atoms with Crippen LogP contribution in [0.15, 0.2) is 66.7 Å². The minimum atomic E-state index is -4.90. The van der Waals surface area contributed by atoms with Crippen LogP contribution in [0, 0.1) is 23.5 Å². The maximum atomic E-state index is 14.6. The number of nitrogens with one attached hydrogen (secondary N) is 1. The summed E-state index contributed by atoms with van der Waals surface area (Å²) in [6.07, 6.45) is -1.95. The molecule has 0 aliphatic carbocycles. The number of amides is 2. The fraction of sp³-hybridized carbons (Fsp3) is 0.383. The highest BCUT2D eigenvalue weighted by atomic mass is 35.5. The Bertz CT molecular complexity index is 2890. The summed E-state index contributed by atoms with van der Waals surface area (Å²) < 4.78 is 121. The summed E-state index contributed by atoms with van der Waals surface area (Å²) in [6.45, 7) is 10.3. The molecule has 70 heavy (non-hydrogen) atoms. The summed E-state index contributed by atoms with van der Waals surface area (Å²) in [5.41, 5.74) is -2.60. The summed E-state index contributed by atoms with van der Waals surface area (Å²) in [4.78, 5) is 45.1. The van der Waals surface area contributed by atoms with Crippen molar-refractivity contribution in [2.45, 2.75) is 96.5 Å². The summed E-state index contributed by atoms with van der Waals surface area (Å²) in [5.74, 6) is 1.51. The van der Waals surface area contributed by atoms with Crippen LogP contribution in [-0.4, -0.2) is 78.7 Å². The van der Waals surface area contributed by atoms with Crippen LogP contribution in [-0.2, 0) is 51.4 Å². The van der Waals surface area contributed by atoms with E-state index in [2.05, 4.69) is 22.3 Å². The van der Waals surface area contributed by atoms with Gasteiger partial charge >= 0.3 is 20.0 Å². The van der Waals surface area contributed by atoms with E-state index in [1.807, 2.05) is 0 Å². The second kappa shape index (κ2) is 22.1. The van der Waals surface area contributed by atoms with Gasteiger partial charge in [0.1, 0.15) is 28.6 Å².